The number of morpholine rings is 1. The molecule has 2 saturated heterocycles. The van der Waals surface area contributed by atoms with Gasteiger partial charge in [0, 0.05) is 19.6 Å². The molecule has 0 bridgehead atoms. The summed E-state index contributed by atoms with van der Waals surface area (Å²) in [5.74, 6) is 0. The molecular formula is C18H21ClN4O2. The number of halogens is 1. The molecule has 7 heteroatoms. The second-order valence-corrected chi connectivity index (χ2v) is 7.03. The van der Waals surface area contributed by atoms with E-state index in [9.17, 15) is 4.79 Å². The lowest BCUT2D eigenvalue weighted by atomic mass is 10.1. The van der Waals surface area contributed by atoms with E-state index in [0.29, 0.717) is 18.3 Å². The first-order chi connectivity index (χ1) is 12.1. The van der Waals surface area contributed by atoms with E-state index >= 15 is 0 Å². The largest absolute Gasteiger partial charge is 0.373 e. The molecular weight excluding hydrogens is 340 g/mol. The van der Waals surface area contributed by atoms with Crippen LogP contribution in [0.3, 0.4) is 0 Å². The zero-order valence-electron chi connectivity index (χ0n) is 14.1. The fourth-order valence-corrected chi connectivity index (χ4v) is 3.87. The number of ether oxygens (including phenoxy) is 1. The molecule has 2 aromatic rings. The number of rotatable bonds is 3. The van der Waals surface area contributed by atoms with E-state index < -0.39 is 0 Å². The predicted octanol–water partition coefficient (Wildman–Crippen LogP) is 1.46. The molecule has 1 aromatic carbocycles. The van der Waals surface area contributed by atoms with Gasteiger partial charge in [-0.05, 0) is 12.6 Å². The standard InChI is InChI=1S/C18H21ClN4O2/c1-21-7-8-25-16-12-22(11-15(16)21)14-9-20-23(18(24)17(14)19)10-13-5-3-2-4-6-13/h2-6,9,15-16H,7-8,10-12H2,1H3. The normalized spacial score (nSPS) is 23.7. The number of anilines is 1. The van der Waals surface area contributed by atoms with Gasteiger partial charge in [-0.2, -0.15) is 5.10 Å². The van der Waals surface area contributed by atoms with Crippen molar-refractivity contribution in [1.82, 2.24) is 14.7 Å². The van der Waals surface area contributed by atoms with Crippen molar-refractivity contribution in [2.75, 3.05) is 38.2 Å². The van der Waals surface area contributed by atoms with Crippen molar-refractivity contribution in [2.24, 2.45) is 0 Å². The predicted molar refractivity (Wildman–Crippen MR) is 97.4 cm³/mol. The van der Waals surface area contributed by atoms with Gasteiger partial charge in [0.2, 0.25) is 0 Å². The van der Waals surface area contributed by atoms with E-state index in [0.717, 1.165) is 31.8 Å². The molecule has 0 spiro atoms. The van der Waals surface area contributed by atoms with Gasteiger partial charge in [-0.25, -0.2) is 4.68 Å². The van der Waals surface area contributed by atoms with Crippen LogP contribution in [0, 0.1) is 0 Å². The Bertz CT molecular complexity index is 810. The van der Waals surface area contributed by atoms with E-state index in [1.54, 1.807) is 6.20 Å². The number of fused-ring (bicyclic) bond motifs is 1. The molecule has 1 aromatic heterocycles. The minimum atomic E-state index is -0.257. The fourth-order valence-electron chi connectivity index (χ4n) is 3.60. The van der Waals surface area contributed by atoms with Gasteiger partial charge in [0.1, 0.15) is 5.02 Å². The number of hydrogen-bond acceptors (Lipinski definition) is 5. The zero-order chi connectivity index (χ0) is 17.4. The van der Waals surface area contributed by atoms with Gasteiger partial charge in [0.15, 0.2) is 0 Å². The molecule has 6 nitrogen and oxygen atoms in total. The first kappa shape index (κ1) is 16.6. The third-order valence-electron chi connectivity index (χ3n) is 5.06. The highest BCUT2D eigenvalue weighted by atomic mass is 35.5. The maximum absolute atomic E-state index is 12.6. The van der Waals surface area contributed by atoms with Gasteiger partial charge < -0.3 is 9.64 Å². The molecule has 2 atom stereocenters. The minimum absolute atomic E-state index is 0.154. The van der Waals surface area contributed by atoms with Crippen molar-refractivity contribution >= 4 is 17.3 Å². The van der Waals surface area contributed by atoms with Crippen LogP contribution in [0.25, 0.3) is 0 Å². The molecule has 2 aliphatic heterocycles. The Labute approximate surface area is 151 Å². The van der Waals surface area contributed by atoms with Crippen LogP contribution in [-0.2, 0) is 11.3 Å². The van der Waals surface area contributed by atoms with Crippen molar-refractivity contribution in [1.29, 1.82) is 0 Å². The summed E-state index contributed by atoms with van der Waals surface area (Å²) in [7, 11) is 2.11. The van der Waals surface area contributed by atoms with E-state index in [1.165, 1.54) is 4.68 Å². The summed E-state index contributed by atoms with van der Waals surface area (Å²) in [4.78, 5) is 17.1. The topological polar surface area (TPSA) is 50.6 Å². The van der Waals surface area contributed by atoms with Crippen molar-refractivity contribution < 1.29 is 4.74 Å². The highest BCUT2D eigenvalue weighted by molar-refractivity contribution is 6.33. The third kappa shape index (κ3) is 3.17. The van der Waals surface area contributed by atoms with E-state index in [1.807, 2.05) is 30.3 Å². The molecule has 2 fully saturated rings. The monoisotopic (exact) mass is 360 g/mol. The average Bonchev–Trinajstić information content (AvgIpc) is 3.05. The molecule has 4 rings (SSSR count). The maximum Gasteiger partial charge on any atom is 0.287 e. The minimum Gasteiger partial charge on any atom is -0.373 e. The molecule has 0 saturated carbocycles. The number of nitrogens with zero attached hydrogens (tertiary/aromatic N) is 4. The van der Waals surface area contributed by atoms with Gasteiger partial charge in [-0.3, -0.25) is 9.69 Å². The Hall–Kier alpha value is -1.89. The lowest BCUT2D eigenvalue weighted by Gasteiger charge is -2.33. The van der Waals surface area contributed by atoms with E-state index in [4.69, 9.17) is 16.3 Å². The lowest BCUT2D eigenvalue weighted by molar-refractivity contribution is -0.0362. The van der Waals surface area contributed by atoms with Crippen LogP contribution in [0.2, 0.25) is 5.02 Å². The Morgan fingerprint density at radius 1 is 1.28 bits per heavy atom. The lowest BCUT2D eigenvalue weighted by Crippen LogP contribution is -2.48. The molecule has 2 unspecified atom stereocenters. The summed E-state index contributed by atoms with van der Waals surface area (Å²) in [6.45, 7) is 3.62. The van der Waals surface area contributed by atoms with Crippen LogP contribution in [0.5, 0.6) is 0 Å². The highest BCUT2D eigenvalue weighted by Crippen LogP contribution is 2.29. The molecule has 0 amide bonds. The average molecular weight is 361 g/mol. The van der Waals surface area contributed by atoms with Gasteiger partial charge in [-0.15, -0.1) is 0 Å². The van der Waals surface area contributed by atoms with Crippen molar-refractivity contribution in [3.05, 3.63) is 57.5 Å². The van der Waals surface area contributed by atoms with Crippen LogP contribution >= 0.6 is 11.6 Å². The summed E-state index contributed by atoms with van der Waals surface area (Å²) < 4.78 is 7.28. The molecule has 0 aliphatic carbocycles. The van der Waals surface area contributed by atoms with Crippen molar-refractivity contribution in [3.63, 3.8) is 0 Å². The zero-order valence-corrected chi connectivity index (χ0v) is 14.9. The van der Waals surface area contributed by atoms with E-state index in [-0.39, 0.29) is 16.7 Å². The van der Waals surface area contributed by atoms with Crippen LogP contribution in [0.1, 0.15) is 5.56 Å². The molecule has 2 aliphatic rings. The Kier molecular flexibility index (Phi) is 4.50. The van der Waals surface area contributed by atoms with Crippen LogP contribution in [0.15, 0.2) is 41.3 Å². The molecule has 3 heterocycles. The Balaban J connectivity index is 1.58. The van der Waals surface area contributed by atoms with Crippen LogP contribution in [0.4, 0.5) is 5.69 Å². The van der Waals surface area contributed by atoms with Crippen molar-refractivity contribution in [3.8, 4) is 0 Å². The Morgan fingerprint density at radius 2 is 2.08 bits per heavy atom. The summed E-state index contributed by atoms with van der Waals surface area (Å²) in [5, 5.41) is 4.57. The van der Waals surface area contributed by atoms with Gasteiger partial charge in [0.05, 0.1) is 37.2 Å². The van der Waals surface area contributed by atoms with Gasteiger partial charge >= 0.3 is 0 Å². The third-order valence-corrected chi connectivity index (χ3v) is 5.42. The van der Waals surface area contributed by atoms with E-state index in [2.05, 4.69) is 21.9 Å². The quantitative estimate of drug-likeness (QED) is 0.829. The smallest absolute Gasteiger partial charge is 0.287 e. The first-order valence-corrected chi connectivity index (χ1v) is 8.87. The number of likely N-dealkylation sites (N-methyl/N-ethyl adjacent to an activating group) is 1. The summed E-state index contributed by atoms with van der Waals surface area (Å²) in [6.07, 6.45) is 1.85. The molecule has 132 valence electrons. The highest BCUT2D eigenvalue weighted by Gasteiger charge is 2.39. The van der Waals surface area contributed by atoms with Crippen LogP contribution in [-0.4, -0.2) is 60.1 Å². The molecule has 25 heavy (non-hydrogen) atoms. The number of aromatic nitrogens is 2. The first-order valence-electron chi connectivity index (χ1n) is 8.50. The summed E-state index contributed by atoms with van der Waals surface area (Å²) >= 11 is 6.41. The van der Waals surface area contributed by atoms with Crippen molar-refractivity contribution in [2.45, 2.75) is 18.7 Å². The second kappa shape index (κ2) is 6.78. The van der Waals surface area contributed by atoms with Gasteiger partial charge in [-0.1, -0.05) is 41.9 Å². The number of hydrogen-bond donors (Lipinski definition) is 0. The Morgan fingerprint density at radius 3 is 2.84 bits per heavy atom. The van der Waals surface area contributed by atoms with Crippen LogP contribution < -0.4 is 10.5 Å². The second-order valence-electron chi connectivity index (χ2n) is 6.65. The number of benzene rings is 1. The summed E-state index contributed by atoms with van der Waals surface area (Å²) in [5.41, 5.74) is 1.46. The maximum atomic E-state index is 12.6. The summed E-state index contributed by atoms with van der Waals surface area (Å²) in [6, 6.07) is 10.1. The SMILES string of the molecule is CN1CCOC2CN(c3cnn(Cc4ccccc4)c(=O)c3Cl)CC21. The molecule has 0 radical (unpaired) electrons. The molecule has 0 N–H and O–H groups in total. The van der Waals surface area contributed by atoms with Gasteiger partial charge in [0.25, 0.3) is 5.56 Å². The fraction of sp³-hybridized carbons (Fsp3) is 0.444.